The Balaban J connectivity index is 3.28. The summed E-state index contributed by atoms with van der Waals surface area (Å²) in [5.74, 6) is 0. The molecule has 0 radical (unpaired) electrons. The first-order valence-electron chi connectivity index (χ1n) is 3.00. The van der Waals surface area contributed by atoms with Gasteiger partial charge >= 0.3 is 0 Å². The summed E-state index contributed by atoms with van der Waals surface area (Å²) in [6.07, 6.45) is -0.190. The van der Waals surface area contributed by atoms with Gasteiger partial charge in [0.25, 0.3) is 5.56 Å². The third kappa shape index (κ3) is 1.57. The molecule has 0 aromatic carbocycles. The Morgan fingerprint density at radius 1 is 1.82 bits per heavy atom. The van der Waals surface area contributed by atoms with Crippen LogP contribution in [-0.2, 0) is 0 Å². The van der Waals surface area contributed by atoms with Crippen LogP contribution in [-0.4, -0.2) is 9.97 Å². The van der Waals surface area contributed by atoms with E-state index in [9.17, 15) is 9.18 Å². The van der Waals surface area contributed by atoms with Crippen molar-refractivity contribution < 1.29 is 4.39 Å². The molecule has 0 aliphatic rings. The average molecular weight is 177 g/mol. The van der Waals surface area contributed by atoms with Crippen LogP contribution in [0.4, 0.5) is 4.39 Å². The fourth-order valence-electron chi connectivity index (χ4n) is 0.674. The zero-order chi connectivity index (χ0) is 8.43. The Hall–Kier alpha value is -0.900. The van der Waals surface area contributed by atoms with E-state index in [-0.39, 0.29) is 10.7 Å². The van der Waals surface area contributed by atoms with Gasteiger partial charge in [-0.3, -0.25) is 4.79 Å². The zero-order valence-corrected chi connectivity index (χ0v) is 6.52. The summed E-state index contributed by atoms with van der Waals surface area (Å²) >= 11 is 5.44. The Kier molecular flexibility index (Phi) is 2.24. The molecule has 1 aromatic heterocycles. The Bertz CT molecular complexity index is 310. The quantitative estimate of drug-likeness (QED) is 0.704. The smallest absolute Gasteiger partial charge is 0.269 e. The van der Waals surface area contributed by atoms with Gasteiger partial charge in [-0.15, -0.1) is 0 Å². The number of aromatic amines is 1. The number of rotatable bonds is 1. The molecule has 1 heterocycles. The molecule has 1 aromatic rings. The lowest BCUT2D eigenvalue weighted by Gasteiger charge is -2.00. The van der Waals surface area contributed by atoms with Gasteiger partial charge in [-0.05, 0) is 6.92 Å². The number of alkyl halides is 1. The standard InChI is InChI=1S/C6H6ClFN2O/c1-3(8)5-4(7)6(11)10-2-9-5/h2-3H,1H3,(H,9,10,11)/t3-/m0/s1. The third-order valence-corrected chi connectivity index (χ3v) is 1.57. The van der Waals surface area contributed by atoms with Crippen molar-refractivity contribution in [3.63, 3.8) is 0 Å². The molecule has 3 nitrogen and oxygen atoms in total. The molecule has 0 aliphatic carbocycles. The summed E-state index contributed by atoms with van der Waals surface area (Å²) in [5, 5.41) is -0.178. The molecular weight excluding hydrogens is 171 g/mol. The predicted molar refractivity (Wildman–Crippen MR) is 39.4 cm³/mol. The molecule has 0 fully saturated rings. The van der Waals surface area contributed by atoms with Crippen LogP contribution in [0.3, 0.4) is 0 Å². The van der Waals surface area contributed by atoms with Crippen LogP contribution >= 0.6 is 11.6 Å². The van der Waals surface area contributed by atoms with Gasteiger partial charge in [0.1, 0.15) is 16.9 Å². The average Bonchev–Trinajstić information content (AvgIpc) is 1.94. The number of halogens is 2. The summed E-state index contributed by atoms with van der Waals surface area (Å²) in [7, 11) is 0. The van der Waals surface area contributed by atoms with E-state index in [0.717, 1.165) is 6.33 Å². The normalized spacial score (nSPS) is 13.0. The van der Waals surface area contributed by atoms with E-state index in [1.165, 1.54) is 6.92 Å². The molecule has 60 valence electrons. The zero-order valence-electron chi connectivity index (χ0n) is 5.77. The van der Waals surface area contributed by atoms with Crippen LogP contribution < -0.4 is 5.56 Å². The molecule has 1 atom stereocenters. The van der Waals surface area contributed by atoms with Gasteiger partial charge in [-0.25, -0.2) is 9.37 Å². The lowest BCUT2D eigenvalue weighted by molar-refractivity contribution is 0.365. The summed E-state index contributed by atoms with van der Waals surface area (Å²) in [5.41, 5.74) is -0.531. The van der Waals surface area contributed by atoms with Crippen molar-refractivity contribution >= 4 is 11.6 Å². The van der Waals surface area contributed by atoms with Gasteiger partial charge in [0.15, 0.2) is 0 Å². The summed E-state index contributed by atoms with van der Waals surface area (Å²) in [6.45, 7) is 1.27. The van der Waals surface area contributed by atoms with Crippen molar-refractivity contribution in [2.45, 2.75) is 13.1 Å². The van der Waals surface area contributed by atoms with Crippen molar-refractivity contribution in [1.82, 2.24) is 9.97 Å². The molecule has 5 heteroatoms. The van der Waals surface area contributed by atoms with Crippen LogP contribution in [0.5, 0.6) is 0 Å². The first-order valence-corrected chi connectivity index (χ1v) is 3.38. The summed E-state index contributed by atoms with van der Waals surface area (Å²) < 4.78 is 12.6. The molecule has 0 unspecified atom stereocenters. The maximum absolute atomic E-state index is 12.6. The number of nitrogens with zero attached hydrogens (tertiary/aromatic N) is 1. The minimum atomic E-state index is -1.32. The van der Waals surface area contributed by atoms with E-state index in [0.29, 0.717) is 0 Å². The second-order valence-electron chi connectivity index (χ2n) is 2.05. The van der Waals surface area contributed by atoms with Gasteiger partial charge in [-0.1, -0.05) is 11.6 Å². The van der Waals surface area contributed by atoms with Gasteiger partial charge in [-0.2, -0.15) is 0 Å². The van der Waals surface area contributed by atoms with Crippen LogP contribution in [0.15, 0.2) is 11.1 Å². The first kappa shape index (κ1) is 8.20. The van der Waals surface area contributed by atoms with Crippen molar-refractivity contribution in [2.75, 3.05) is 0 Å². The van der Waals surface area contributed by atoms with Crippen LogP contribution in [0.2, 0.25) is 5.02 Å². The molecule has 1 N–H and O–H groups in total. The molecule has 11 heavy (non-hydrogen) atoms. The summed E-state index contributed by atoms with van der Waals surface area (Å²) in [6, 6.07) is 0. The number of hydrogen-bond donors (Lipinski definition) is 1. The molecule has 0 spiro atoms. The third-order valence-electron chi connectivity index (χ3n) is 1.20. The topological polar surface area (TPSA) is 45.8 Å². The number of aromatic nitrogens is 2. The van der Waals surface area contributed by atoms with Crippen molar-refractivity contribution in [1.29, 1.82) is 0 Å². The summed E-state index contributed by atoms with van der Waals surface area (Å²) in [4.78, 5) is 16.6. The van der Waals surface area contributed by atoms with E-state index in [2.05, 4.69) is 9.97 Å². The minimum absolute atomic E-state index is 0.0181. The highest BCUT2D eigenvalue weighted by molar-refractivity contribution is 6.31. The van der Waals surface area contributed by atoms with Gasteiger partial charge in [0.05, 0.1) is 6.33 Å². The van der Waals surface area contributed by atoms with Crippen molar-refractivity contribution in [3.05, 3.63) is 27.4 Å². The molecule has 0 saturated carbocycles. The van der Waals surface area contributed by atoms with Crippen molar-refractivity contribution in [3.8, 4) is 0 Å². The van der Waals surface area contributed by atoms with Gasteiger partial charge < -0.3 is 4.98 Å². The molecular formula is C6H6ClFN2O. The minimum Gasteiger partial charge on any atom is -0.312 e. The second kappa shape index (κ2) is 3.00. The van der Waals surface area contributed by atoms with Crippen LogP contribution in [0.25, 0.3) is 0 Å². The van der Waals surface area contributed by atoms with Crippen molar-refractivity contribution in [2.24, 2.45) is 0 Å². The highest BCUT2D eigenvalue weighted by Gasteiger charge is 2.11. The highest BCUT2D eigenvalue weighted by Crippen LogP contribution is 2.18. The second-order valence-corrected chi connectivity index (χ2v) is 2.42. The van der Waals surface area contributed by atoms with E-state index in [4.69, 9.17) is 11.6 Å². The van der Waals surface area contributed by atoms with E-state index in [1.807, 2.05) is 0 Å². The molecule has 0 bridgehead atoms. The molecule has 0 amide bonds. The maximum atomic E-state index is 12.6. The predicted octanol–water partition coefficient (Wildman–Crippen LogP) is 1.45. The maximum Gasteiger partial charge on any atom is 0.269 e. The first-order chi connectivity index (χ1) is 5.13. The monoisotopic (exact) mass is 176 g/mol. The number of nitrogens with one attached hydrogen (secondary N) is 1. The lowest BCUT2D eigenvalue weighted by Crippen LogP contribution is -2.10. The molecule has 0 aliphatic heterocycles. The Morgan fingerprint density at radius 2 is 2.45 bits per heavy atom. The van der Waals surface area contributed by atoms with Crippen LogP contribution in [0, 0.1) is 0 Å². The number of H-pyrrole nitrogens is 1. The van der Waals surface area contributed by atoms with E-state index >= 15 is 0 Å². The van der Waals surface area contributed by atoms with E-state index < -0.39 is 11.7 Å². The SMILES string of the molecule is C[C@H](F)c1nc[nH]c(=O)c1Cl. The fourth-order valence-corrected chi connectivity index (χ4v) is 0.928. The Morgan fingerprint density at radius 3 is 2.91 bits per heavy atom. The number of hydrogen-bond acceptors (Lipinski definition) is 2. The fraction of sp³-hybridized carbons (Fsp3) is 0.333. The highest BCUT2D eigenvalue weighted by atomic mass is 35.5. The van der Waals surface area contributed by atoms with Gasteiger partial charge in [0, 0.05) is 0 Å². The Labute approximate surface area is 67.2 Å². The molecule has 1 rings (SSSR count). The molecule has 0 saturated heterocycles. The lowest BCUT2D eigenvalue weighted by atomic mass is 10.3. The van der Waals surface area contributed by atoms with Gasteiger partial charge in [0.2, 0.25) is 0 Å². The van der Waals surface area contributed by atoms with Crippen LogP contribution in [0.1, 0.15) is 18.8 Å². The van der Waals surface area contributed by atoms with E-state index in [1.54, 1.807) is 0 Å². The largest absolute Gasteiger partial charge is 0.312 e.